The number of fused-ring (bicyclic) bond motifs is 1. The van der Waals surface area contributed by atoms with Crippen molar-refractivity contribution in [3.63, 3.8) is 0 Å². The molecular formula is C23H19Br2NO5. The molecule has 0 radical (unpaired) electrons. The molecule has 2 aromatic rings. The van der Waals surface area contributed by atoms with E-state index in [0.29, 0.717) is 24.1 Å². The fourth-order valence-electron chi connectivity index (χ4n) is 4.04. The summed E-state index contributed by atoms with van der Waals surface area (Å²) in [4.78, 5) is 52.0. The van der Waals surface area contributed by atoms with Crippen LogP contribution in [-0.4, -0.2) is 39.8 Å². The van der Waals surface area contributed by atoms with Gasteiger partial charge in [0.1, 0.15) is 0 Å². The lowest BCUT2D eigenvalue weighted by Gasteiger charge is -2.29. The molecule has 8 heteroatoms. The van der Waals surface area contributed by atoms with Crippen LogP contribution in [0.1, 0.15) is 33.6 Å². The molecule has 2 fully saturated rings. The number of Topliss-reactive ketones (excluding diaryl/α,β-unsaturated/α-hetero) is 1. The first kappa shape index (κ1) is 21.9. The topological polar surface area (TPSA) is 80.8 Å². The average Bonchev–Trinajstić information content (AvgIpc) is 3.02. The van der Waals surface area contributed by atoms with Gasteiger partial charge in [0.25, 0.3) is 0 Å². The van der Waals surface area contributed by atoms with Crippen molar-refractivity contribution in [1.29, 1.82) is 0 Å². The molecule has 0 bridgehead atoms. The van der Waals surface area contributed by atoms with Crippen LogP contribution >= 0.6 is 31.9 Å². The van der Waals surface area contributed by atoms with Crippen LogP contribution < -0.4 is 4.90 Å². The van der Waals surface area contributed by atoms with Crippen LogP contribution in [0.5, 0.6) is 0 Å². The molecule has 6 nitrogen and oxygen atoms in total. The van der Waals surface area contributed by atoms with E-state index in [1.54, 1.807) is 42.5 Å². The second kappa shape index (κ2) is 9.04. The van der Waals surface area contributed by atoms with Gasteiger partial charge in [0.15, 0.2) is 12.4 Å². The molecule has 2 amide bonds. The third-order valence-electron chi connectivity index (χ3n) is 5.68. The van der Waals surface area contributed by atoms with Gasteiger partial charge in [0.2, 0.25) is 11.8 Å². The molecule has 1 saturated heterocycles. The molecule has 4 atom stereocenters. The average molecular weight is 549 g/mol. The van der Waals surface area contributed by atoms with E-state index in [-0.39, 0.29) is 44.7 Å². The standard InChI is InChI=1S/C23H19Br2NO5/c24-18-10-16-17(11-19(18)25)22(29)26(21(16)28)15-8-4-7-14(9-15)23(30)31-12-20(27)13-5-2-1-3-6-13/h1-9,16-19H,10-12H2/t16-,17+,18-,19-/m0/s1. The van der Waals surface area contributed by atoms with Gasteiger partial charge in [-0.2, -0.15) is 0 Å². The fraction of sp³-hybridized carbons (Fsp3) is 0.304. The summed E-state index contributed by atoms with van der Waals surface area (Å²) in [6, 6.07) is 14.8. The molecule has 4 rings (SSSR count). The maximum Gasteiger partial charge on any atom is 0.338 e. The van der Waals surface area contributed by atoms with Crippen molar-refractivity contribution in [1.82, 2.24) is 0 Å². The lowest BCUT2D eigenvalue weighted by Crippen LogP contribution is -2.34. The number of alkyl halides is 2. The Labute approximate surface area is 196 Å². The summed E-state index contributed by atoms with van der Waals surface area (Å²) in [6.45, 7) is -0.391. The van der Waals surface area contributed by atoms with Crippen LogP contribution in [-0.2, 0) is 14.3 Å². The largest absolute Gasteiger partial charge is 0.454 e. The summed E-state index contributed by atoms with van der Waals surface area (Å²) in [5, 5.41) is 0. The van der Waals surface area contributed by atoms with Crippen molar-refractivity contribution in [2.45, 2.75) is 22.5 Å². The van der Waals surface area contributed by atoms with Gasteiger partial charge in [0, 0.05) is 15.2 Å². The second-order valence-electron chi connectivity index (χ2n) is 7.64. The van der Waals surface area contributed by atoms with Crippen LogP contribution in [0.25, 0.3) is 0 Å². The normalized spacial score (nSPS) is 25.3. The number of benzene rings is 2. The number of imide groups is 1. The van der Waals surface area contributed by atoms with Gasteiger partial charge in [-0.05, 0) is 31.0 Å². The predicted molar refractivity (Wildman–Crippen MR) is 122 cm³/mol. The Morgan fingerprint density at radius 3 is 2.06 bits per heavy atom. The number of carbonyl (C=O) groups is 4. The molecule has 1 aliphatic heterocycles. The highest BCUT2D eigenvalue weighted by Gasteiger charge is 2.52. The zero-order valence-electron chi connectivity index (χ0n) is 16.4. The number of ketones is 1. The SMILES string of the molecule is O=C(COC(=O)c1cccc(N2C(=O)[C@H]3C[C@H](Br)[C@@H](Br)C[C@H]3C2=O)c1)c1ccccc1. The maximum absolute atomic E-state index is 13.0. The van der Waals surface area contributed by atoms with Crippen LogP contribution in [0.15, 0.2) is 54.6 Å². The molecule has 0 aromatic heterocycles. The molecule has 1 heterocycles. The van der Waals surface area contributed by atoms with Gasteiger partial charge < -0.3 is 4.74 Å². The fourth-order valence-corrected chi connectivity index (χ4v) is 5.28. The van der Waals surface area contributed by atoms with E-state index in [4.69, 9.17) is 4.74 Å². The Hall–Kier alpha value is -2.32. The van der Waals surface area contributed by atoms with E-state index in [9.17, 15) is 19.2 Å². The molecule has 1 saturated carbocycles. The van der Waals surface area contributed by atoms with Crippen molar-refractivity contribution < 1.29 is 23.9 Å². The number of carbonyl (C=O) groups excluding carboxylic acids is 4. The van der Waals surface area contributed by atoms with Gasteiger partial charge in [0.05, 0.1) is 23.1 Å². The van der Waals surface area contributed by atoms with E-state index in [1.807, 2.05) is 0 Å². The van der Waals surface area contributed by atoms with Crippen molar-refractivity contribution in [2.24, 2.45) is 11.8 Å². The summed E-state index contributed by atoms with van der Waals surface area (Å²) < 4.78 is 5.15. The molecule has 0 unspecified atom stereocenters. The van der Waals surface area contributed by atoms with E-state index < -0.39 is 12.6 Å². The lowest BCUT2D eigenvalue weighted by atomic mass is 9.81. The van der Waals surface area contributed by atoms with E-state index in [1.165, 1.54) is 17.0 Å². The smallest absolute Gasteiger partial charge is 0.338 e. The number of hydrogen-bond donors (Lipinski definition) is 0. The lowest BCUT2D eigenvalue weighted by molar-refractivity contribution is -0.122. The summed E-state index contributed by atoms with van der Waals surface area (Å²) >= 11 is 7.15. The number of amides is 2. The third-order valence-corrected chi connectivity index (χ3v) is 8.42. The Balaban J connectivity index is 1.48. The third kappa shape index (κ3) is 4.36. The monoisotopic (exact) mass is 547 g/mol. The van der Waals surface area contributed by atoms with Gasteiger partial charge >= 0.3 is 5.97 Å². The summed E-state index contributed by atoms with van der Waals surface area (Å²) in [7, 11) is 0. The zero-order valence-corrected chi connectivity index (χ0v) is 19.5. The number of nitrogens with zero attached hydrogens (tertiary/aromatic N) is 1. The zero-order chi connectivity index (χ0) is 22.1. The highest BCUT2D eigenvalue weighted by Crippen LogP contribution is 2.44. The molecule has 1 aliphatic carbocycles. The highest BCUT2D eigenvalue weighted by atomic mass is 79.9. The Kier molecular flexibility index (Phi) is 6.39. The number of hydrogen-bond acceptors (Lipinski definition) is 5. The molecule has 0 N–H and O–H groups in total. The van der Waals surface area contributed by atoms with Crippen molar-refractivity contribution in [2.75, 3.05) is 11.5 Å². The first-order valence-corrected chi connectivity index (χ1v) is 11.7. The number of rotatable bonds is 5. The quantitative estimate of drug-likeness (QED) is 0.243. The maximum atomic E-state index is 13.0. The highest BCUT2D eigenvalue weighted by molar-refractivity contribution is 9.12. The van der Waals surface area contributed by atoms with E-state index in [0.717, 1.165) is 0 Å². The van der Waals surface area contributed by atoms with Crippen LogP contribution in [0, 0.1) is 11.8 Å². The number of anilines is 1. The molecule has 2 aromatic carbocycles. The van der Waals surface area contributed by atoms with Gasteiger partial charge in [-0.3, -0.25) is 19.3 Å². The molecular weight excluding hydrogens is 530 g/mol. The van der Waals surface area contributed by atoms with Crippen LogP contribution in [0.2, 0.25) is 0 Å². The van der Waals surface area contributed by atoms with Crippen molar-refractivity contribution in [3.05, 3.63) is 65.7 Å². The molecule has 0 spiro atoms. The summed E-state index contributed by atoms with van der Waals surface area (Å²) in [5.74, 6) is -2.24. The van der Waals surface area contributed by atoms with Crippen LogP contribution in [0.3, 0.4) is 0 Å². The Morgan fingerprint density at radius 2 is 1.45 bits per heavy atom. The second-order valence-corrected chi connectivity index (χ2v) is 10.00. The summed E-state index contributed by atoms with van der Waals surface area (Å²) in [6.07, 6.45) is 1.15. The molecule has 31 heavy (non-hydrogen) atoms. The van der Waals surface area contributed by atoms with Crippen molar-refractivity contribution in [3.8, 4) is 0 Å². The summed E-state index contributed by atoms with van der Waals surface area (Å²) in [5.41, 5.74) is 0.964. The van der Waals surface area contributed by atoms with Gasteiger partial charge in [-0.25, -0.2) is 4.79 Å². The number of esters is 1. The van der Waals surface area contributed by atoms with E-state index in [2.05, 4.69) is 31.9 Å². The van der Waals surface area contributed by atoms with Crippen molar-refractivity contribution >= 4 is 61.1 Å². The Morgan fingerprint density at radius 1 is 0.871 bits per heavy atom. The number of ether oxygens (including phenoxy) is 1. The van der Waals surface area contributed by atoms with E-state index >= 15 is 0 Å². The van der Waals surface area contributed by atoms with Gasteiger partial charge in [-0.15, -0.1) is 0 Å². The molecule has 160 valence electrons. The first-order valence-electron chi connectivity index (χ1n) is 9.88. The van der Waals surface area contributed by atoms with Crippen LogP contribution in [0.4, 0.5) is 5.69 Å². The molecule has 2 aliphatic rings. The first-order chi connectivity index (χ1) is 14.9. The minimum absolute atomic E-state index is 0.119. The van der Waals surface area contributed by atoms with Gasteiger partial charge in [-0.1, -0.05) is 68.3 Å². The Bertz CT molecular complexity index is 1010. The minimum Gasteiger partial charge on any atom is -0.454 e. The predicted octanol–water partition coefficient (Wildman–Crippen LogP) is 4.15. The minimum atomic E-state index is -0.691. The number of halogens is 2.